The van der Waals surface area contributed by atoms with Crippen LogP contribution in [0, 0.1) is 6.92 Å². The maximum atomic E-state index is 14.1. The Kier molecular flexibility index (Phi) is 11.4. The third kappa shape index (κ3) is 7.99. The van der Waals surface area contributed by atoms with E-state index < -0.39 is 28.5 Å². The molecule has 3 rings (SSSR count). The third-order valence-electron chi connectivity index (χ3n) is 6.45. The van der Waals surface area contributed by atoms with Gasteiger partial charge < -0.3 is 10.2 Å². The average Bonchev–Trinajstić information content (AvgIpc) is 2.93. The van der Waals surface area contributed by atoms with Crippen molar-refractivity contribution in [2.24, 2.45) is 0 Å². The molecule has 3 aromatic carbocycles. The van der Waals surface area contributed by atoms with Gasteiger partial charge in [-0.05, 0) is 55.7 Å². The van der Waals surface area contributed by atoms with E-state index in [4.69, 9.17) is 23.2 Å². The Labute approximate surface area is 247 Å². The highest BCUT2D eigenvalue weighted by atomic mass is 35.5. The number of carbonyl (C=O) groups is 2. The first-order chi connectivity index (χ1) is 19.1. The van der Waals surface area contributed by atoms with E-state index in [0.717, 1.165) is 28.3 Å². The predicted octanol–water partition coefficient (Wildman–Crippen LogP) is 6.22. The summed E-state index contributed by atoms with van der Waals surface area (Å²) in [5, 5.41) is 3.33. The molecular weight excluding hydrogens is 569 g/mol. The Morgan fingerprint density at radius 1 is 0.925 bits per heavy atom. The molecule has 0 radical (unpaired) electrons. The van der Waals surface area contributed by atoms with E-state index in [0.29, 0.717) is 13.0 Å². The Morgan fingerprint density at radius 2 is 1.65 bits per heavy atom. The lowest BCUT2D eigenvalue weighted by molar-refractivity contribution is -0.140. The molecule has 0 aliphatic heterocycles. The van der Waals surface area contributed by atoms with Gasteiger partial charge in [0.25, 0.3) is 10.0 Å². The van der Waals surface area contributed by atoms with Crippen LogP contribution in [-0.2, 0) is 26.2 Å². The number of benzene rings is 3. The Balaban J connectivity index is 2.05. The molecule has 3 aromatic rings. The number of hydrogen-bond acceptors (Lipinski definition) is 4. The quantitative estimate of drug-likeness (QED) is 0.235. The Bertz CT molecular complexity index is 1420. The van der Waals surface area contributed by atoms with Gasteiger partial charge in [-0.2, -0.15) is 0 Å². The minimum Gasteiger partial charge on any atom is -0.354 e. The standard InChI is InChI=1S/C30H35Cl2N3O4S/c1-4-6-17-33-30(37)28(5-2)34(20-23-12-10-11-22(3)18-23)29(36)21-35(24-15-16-26(31)27(32)19-24)40(38,39)25-13-8-7-9-14-25/h7-16,18-19,28H,4-6,17,20-21H2,1-3H3,(H,33,37). The van der Waals surface area contributed by atoms with E-state index in [1.807, 2.05) is 45.0 Å². The van der Waals surface area contributed by atoms with Gasteiger partial charge in [0, 0.05) is 13.1 Å². The summed E-state index contributed by atoms with van der Waals surface area (Å²) in [5.41, 5.74) is 2.03. The summed E-state index contributed by atoms with van der Waals surface area (Å²) in [6.07, 6.45) is 2.08. The molecule has 214 valence electrons. The van der Waals surface area contributed by atoms with Crippen molar-refractivity contribution in [2.45, 2.75) is 57.5 Å². The second kappa shape index (κ2) is 14.5. The van der Waals surface area contributed by atoms with Gasteiger partial charge in [0.05, 0.1) is 20.6 Å². The molecule has 0 aromatic heterocycles. The first-order valence-electron chi connectivity index (χ1n) is 13.2. The van der Waals surface area contributed by atoms with E-state index in [-0.39, 0.29) is 33.1 Å². The monoisotopic (exact) mass is 603 g/mol. The lowest BCUT2D eigenvalue weighted by atomic mass is 10.1. The molecule has 0 spiro atoms. The lowest BCUT2D eigenvalue weighted by Gasteiger charge is -2.33. The first-order valence-corrected chi connectivity index (χ1v) is 15.4. The fourth-order valence-electron chi connectivity index (χ4n) is 4.32. The van der Waals surface area contributed by atoms with Crippen molar-refractivity contribution in [1.29, 1.82) is 0 Å². The van der Waals surface area contributed by atoms with E-state index in [1.165, 1.54) is 35.2 Å². The minimum atomic E-state index is -4.18. The smallest absolute Gasteiger partial charge is 0.264 e. The molecule has 0 saturated carbocycles. The molecule has 0 heterocycles. The van der Waals surface area contributed by atoms with Gasteiger partial charge >= 0.3 is 0 Å². The summed E-state index contributed by atoms with van der Waals surface area (Å²) in [6, 6.07) is 19.1. The van der Waals surface area contributed by atoms with Gasteiger partial charge in [0.1, 0.15) is 12.6 Å². The fourth-order valence-corrected chi connectivity index (χ4v) is 6.04. The molecule has 0 aliphatic rings. The number of rotatable bonds is 13. The first kappa shape index (κ1) is 31.5. The molecule has 10 heteroatoms. The van der Waals surface area contributed by atoms with Crippen LogP contribution in [0.25, 0.3) is 0 Å². The number of anilines is 1. The Hall–Kier alpha value is -3.07. The van der Waals surface area contributed by atoms with Gasteiger partial charge in [-0.3, -0.25) is 13.9 Å². The summed E-state index contributed by atoms with van der Waals surface area (Å²) < 4.78 is 28.7. The molecule has 2 amide bonds. The second-order valence-corrected chi connectivity index (χ2v) is 12.2. The van der Waals surface area contributed by atoms with Crippen LogP contribution in [0.1, 0.15) is 44.2 Å². The van der Waals surface area contributed by atoms with Crippen LogP contribution in [0.2, 0.25) is 10.0 Å². The predicted molar refractivity (Wildman–Crippen MR) is 161 cm³/mol. The SMILES string of the molecule is CCCCNC(=O)C(CC)N(Cc1cccc(C)c1)C(=O)CN(c1ccc(Cl)c(Cl)c1)S(=O)(=O)c1ccccc1. The average molecular weight is 605 g/mol. The fraction of sp³-hybridized carbons (Fsp3) is 0.333. The van der Waals surface area contributed by atoms with Crippen molar-refractivity contribution in [3.8, 4) is 0 Å². The van der Waals surface area contributed by atoms with Gasteiger partial charge in [-0.25, -0.2) is 8.42 Å². The highest BCUT2D eigenvalue weighted by Crippen LogP contribution is 2.31. The molecule has 40 heavy (non-hydrogen) atoms. The van der Waals surface area contributed by atoms with E-state index >= 15 is 0 Å². The molecule has 0 saturated heterocycles. The van der Waals surface area contributed by atoms with Crippen LogP contribution in [0.3, 0.4) is 0 Å². The van der Waals surface area contributed by atoms with Crippen LogP contribution in [0.15, 0.2) is 77.7 Å². The molecule has 1 N–H and O–H groups in total. The molecular formula is C30H35Cl2N3O4S. The zero-order valence-electron chi connectivity index (χ0n) is 22.9. The van der Waals surface area contributed by atoms with E-state index in [9.17, 15) is 18.0 Å². The zero-order valence-corrected chi connectivity index (χ0v) is 25.3. The highest BCUT2D eigenvalue weighted by Gasteiger charge is 2.33. The van der Waals surface area contributed by atoms with Crippen molar-refractivity contribution in [1.82, 2.24) is 10.2 Å². The Morgan fingerprint density at radius 3 is 2.27 bits per heavy atom. The molecule has 7 nitrogen and oxygen atoms in total. The van der Waals surface area contributed by atoms with Gasteiger partial charge in [0.2, 0.25) is 11.8 Å². The van der Waals surface area contributed by atoms with Crippen molar-refractivity contribution in [2.75, 3.05) is 17.4 Å². The summed E-state index contributed by atoms with van der Waals surface area (Å²) in [4.78, 5) is 28.8. The molecule has 0 aliphatic carbocycles. The minimum absolute atomic E-state index is 0.0171. The van der Waals surface area contributed by atoms with Crippen molar-refractivity contribution in [3.05, 3.63) is 94.0 Å². The molecule has 1 atom stereocenters. The second-order valence-electron chi connectivity index (χ2n) is 9.50. The highest BCUT2D eigenvalue weighted by molar-refractivity contribution is 7.92. The van der Waals surface area contributed by atoms with Gasteiger partial charge in [-0.15, -0.1) is 0 Å². The number of amides is 2. The molecule has 1 unspecified atom stereocenters. The van der Waals surface area contributed by atoms with Crippen LogP contribution in [0.5, 0.6) is 0 Å². The maximum absolute atomic E-state index is 14.1. The van der Waals surface area contributed by atoms with Gasteiger partial charge in [0.15, 0.2) is 0 Å². The molecule has 0 fully saturated rings. The summed E-state index contributed by atoms with van der Waals surface area (Å²) in [7, 11) is -4.18. The van der Waals surface area contributed by atoms with Crippen LogP contribution < -0.4 is 9.62 Å². The van der Waals surface area contributed by atoms with Crippen LogP contribution >= 0.6 is 23.2 Å². The topological polar surface area (TPSA) is 86.8 Å². The largest absolute Gasteiger partial charge is 0.354 e. The van der Waals surface area contributed by atoms with E-state index in [2.05, 4.69) is 5.32 Å². The number of nitrogens with one attached hydrogen (secondary N) is 1. The van der Waals surface area contributed by atoms with Crippen LogP contribution in [0.4, 0.5) is 5.69 Å². The number of sulfonamides is 1. The third-order valence-corrected chi connectivity index (χ3v) is 8.98. The normalized spacial score (nSPS) is 12.0. The number of hydrogen-bond donors (Lipinski definition) is 1. The number of carbonyl (C=O) groups excluding carboxylic acids is 2. The summed E-state index contributed by atoms with van der Waals surface area (Å²) in [5.74, 6) is -0.798. The van der Waals surface area contributed by atoms with Crippen molar-refractivity contribution >= 4 is 50.7 Å². The maximum Gasteiger partial charge on any atom is 0.264 e. The van der Waals surface area contributed by atoms with Crippen molar-refractivity contribution in [3.63, 3.8) is 0 Å². The summed E-state index contributed by atoms with van der Waals surface area (Å²) in [6.45, 7) is 5.90. The number of nitrogens with zero attached hydrogens (tertiary/aromatic N) is 2. The number of halogens is 2. The van der Waals surface area contributed by atoms with Crippen LogP contribution in [-0.4, -0.2) is 44.3 Å². The van der Waals surface area contributed by atoms with E-state index in [1.54, 1.807) is 18.2 Å². The number of aryl methyl sites for hydroxylation is 1. The van der Waals surface area contributed by atoms with Crippen molar-refractivity contribution < 1.29 is 18.0 Å². The lowest BCUT2D eigenvalue weighted by Crippen LogP contribution is -2.52. The molecule has 0 bridgehead atoms. The summed E-state index contributed by atoms with van der Waals surface area (Å²) >= 11 is 12.4. The zero-order chi connectivity index (χ0) is 29.3. The van der Waals surface area contributed by atoms with Gasteiger partial charge in [-0.1, -0.05) is 91.5 Å². The number of unbranched alkanes of at least 4 members (excludes halogenated alkanes) is 1.